The van der Waals surface area contributed by atoms with Crippen molar-refractivity contribution in [1.82, 2.24) is 5.32 Å². The molecule has 1 unspecified atom stereocenters. The molecular weight excluding hydrogens is 256 g/mol. The van der Waals surface area contributed by atoms with Gasteiger partial charge in [0.1, 0.15) is 0 Å². The maximum absolute atomic E-state index is 12.6. The second kappa shape index (κ2) is 6.44. The van der Waals surface area contributed by atoms with Gasteiger partial charge in [-0.25, -0.2) is 0 Å². The highest BCUT2D eigenvalue weighted by Gasteiger charge is 2.40. The van der Waals surface area contributed by atoms with Crippen molar-refractivity contribution in [2.24, 2.45) is 5.41 Å². The number of carbonyl (C=O) groups is 1. The standard InChI is InChI=1S/C15H22N2OS/c1-3-7-15(8-9-16-11-15)14(18)17-12-5-4-6-13(10-12)19-2/h4-6,10,16H,3,7-9,11H2,1-2H3,(H,17,18). The summed E-state index contributed by atoms with van der Waals surface area (Å²) < 4.78 is 0. The topological polar surface area (TPSA) is 41.1 Å². The largest absolute Gasteiger partial charge is 0.326 e. The van der Waals surface area contributed by atoms with Crippen molar-refractivity contribution < 1.29 is 4.79 Å². The molecule has 1 aromatic rings. The fraction of sp³-hybridized carbons (Fsp3) is 0.533. The molecule has 1 aromatic carbocycles. The van der Waals surface area contributed by atoms with E-state index in [2.05, 4.69) is 23.6 Å². The van der Waals surface area contributed by atoms with Gasteiger partial charge in [0.05, 0.1) is 5.41 Å². The van der Waals surface area contributed by atoms with Crippen LogP contribution in [-0.4, -0.2) is 25.3 Å². The summed E-state index contributed by atoms with van der Waals surface area (Å²) in [7, 11) is 0. The molecular formula is C15H22N2OS. The van der Waals surface area contributed by atoms with Crippen LogP contribution in [0.2, 0.25) is 0 Å². The van der Waals surface area contributed by atoms with Gasteiger partial charge in [-0.05, 0) is 43.8 Å². The van der Waals surface area contributed by atoms with Crippen LogP contribution in [0, 0.1) is 5.41 Å². The molecule has 0 aliphatic carbocycles. The average Bonchev–Trinajstić information content (AvgIpc) is 2.89. The highest BCUT2D eigenvalue weighted by Crippen LogP contribution is 2.32. The summed E-state index contributed by atoms with van der Waals surface area (Å²) >= 11 is 1.69. The molecule has 3 nitrogen and oxygen atoms in total. The van der Waals surface area contributed by atoms with Gasteiger partial charge >= 0.3 is 0 Å². The zero-order valence-electron chi connectivity index (χ0n) is 11.7. The Hall–Kier alpha value is -1.00. The van der Waals surface area contributed by atoms with Crippen LogP contribution in [0.3, 0.4) is 0 Å². The van der Waals surface area contributed by atoms with Crippen molar-refractivity contribution in [3.63, 3.8) is 0 Å². The number of anilines is 1. The Morgan fingerprint density at radius 3 is 3.00 bits per heavy atom. The van der Waals surface area contributed by atoms with Crippen LogP contribution in [0.4, 0.5) is 5.69 Å². The number of amides is 1. The van der Waals surface area contributed by atoms with Gasteiger partial charge < -0.3 is 10.6 Å². The van der Waals surface area contributed by atoms with Gasteiger partial charge in [-0.2, -0.15) is 0 Å². The van der Waals surface area contributed by atoms with Crippen LogP contribution in [0.25, 0.3) is 0 Å². The van der Waals surface area contributed by atoms with E-state index in [0.717, 1.165) is 38.0 Å². The first-order chi connectivity index (χ1) is 9.20. The summed E-state index contributed by atoms with van der Waals surface area (Å²) in [6.07, 6.45) is 4.98. The number of hydrogen-bond donors (Lipinski definition) is 2. The first kappa shape index (κ1) is 14.4. The molecule has 0 spiro atoms. The third-order valence-electron chi connectivity index (χ3n) is 3.78. The van der Waals surface area contributed by atoms with E-state index in [0.29, 0.717) is 0 Å². The van der Waals surface area contributed by atoms with Gasteiger partial charge in [-0.1, -0.05) is 19.4 Å². The maximum Gasteiger partial charge on any atom is 0.231 e. The molecule has 0 aromatic heterocycles. The Balaban J connectivity index is 2.10. The summed E-state index contributed by atoms with van der Waals surface area (Å²) in [6, 6.07) is 8.03. The van der Waals surface area contributed by atoms with E-state index in [9.17, 15) is 4.79 Å². The lowest BCUT2D eigenvalue weighted by molar-refractivity contribution is -0.125. The normalized spacial score (nSPS) is 22.4. The number of hydrogen-bond acceptors (Lipinski definition) is 3. The molecule has 1 heterocycles. The van der Waals surface area contributed by atoms with Gasteiger partial charge in [-0.15, -0.1) is 11.8 Å². The van der Waals surface area contributed by atoms with E-state index in [1.165, 1.54) is 4.90 Å². The van der Waals surface area contributed by atoms with Crippen LogP contribution in [0.15, 0.2) is 29.2 Å². The van der Waals surface area contributed by atoms with Crippen LogP contribution in [0.5, 0.6) is 0 Å². The van der Waals surface area contributed by atoms with Crippen LogP contribution >= 0.6 is 11.8 Å². The number of benzene rings is 1. The van der Waals surface area contributed by atoms with Gasteiger partial charge in [0.25, 0.3) is 0 Å². The Morgan fingerprint density at radius 1 is 1.53 bits per heavy atom. The molecule has 0 radical (unpaired) electrons. The highest BCUT2D eigenvalue weighted by atomic mass is 32.2. The molecule has 2 rings (SSSR count). The van der Waals surface area contributed by atoms with Crippen LogP contribution < -0.4 is 10.6 Å². The third kappa shape index (κ3) is 3.31. The lowest BCUT2D eigenvalue weighted by Crippen LogP contribution is -2.38. The predicted octanol–water partition coefficient (Wildman–Crippen LogP) is 3.13. The first-order valence-corrected chi connectivity index (χ1v) is 8.09. The van der Waals surface area contributed by atoms with Crippen molar-refractivity contribution in [2.75, 3.05) is 24.7 Å². The molecule has 1 fully saturated rings. The molecule has 0 bridgehead atoms. The fourth-order valence-corrected chi connectivity index (χ4v) is 3.17. The zero-order chi connectivity index (χ0) is 13.7. The van der Waals surface area contributed by atoms with Gasteiger partial charge in [0.15, 0.2) is 0 Å². The van der Waals surface area contributed by atoms with E-state index in [1.54, 1.807) is 11.8 Å². The average molecular weight is 278 g/mol. The lowest BCUT2D eigenvalue weighted by atomic mass is 9.81. The van der Waals surface area contributed by atoms with Crippen LogP contribution in [0.1, 0.15) is 26.2 Å². The second-order valence-corrected chi connectivity index (χ2v) is 6.02. The first-order valence-electron chi connectivity index (χ1n) is 6.86. The SMILES string of the molecule is CCCC1(C(=O)Nc2cccc(SC)c2)CCNC1. The zero-order valence-corrected chi connectivity index (χ0v) is 12.5. The van der Waals surface area contributed by atoms with Gasteiger partial charge in [-0.3, -0.25) is 4.79 Å². The summed E-state index contributed by atoms with van der Waals surface area (Å²) in [5, 5.41) is 6.41. The Morgan fingerprint density at radius 2 is 2.37 bits per heavy atom. The third-order valence-corrected chi connectivity index (χ3v) is 4.51. The number of carbonyl (C=O) groups excluding carboxylic acids is 1. The van der Waals surface area contributed by atoms with Crippen molar-refractivity contribution in [1.29, 1.82) is 0 Å². The minimum absolute atomic E-state index is 0.164. The molecule has 1 atom stereocenters. The molecule has 4 heteroatoms. The van der Waals surface area contributed by atoms with Gasteiger partial charge in [0.2, 0.25) is 5.91 Å². The molecule has 1 amide bonds. The molecule has 104 valence electrons. The number of rotatable bonds is 5. The Kier molecular flexibility index (Phi) is 4.88. The number of nitrogens with one attached hydrogen (secondary N) is 2. The monoisotopic (exact) mass is 278 g/mol. The minimum Gasteiger partial charge on any atom is -0.326 e. The van der Waals surface area contributed by atoms with Crippen molar-refractivity contribution in [3.05, 3.63) is 24.3 Å². The minimum atomic E-state index is -0.218. The molecule has 0 saturated carbocycles. The summed E-state index contributed by atoms with van der Waals surface area (Å²) in [5.41, 5.74) is 0.684. The van der Waals surface area contributed by atoms with E-state index < -0.39 is 0 Å². The van der Waals surface area contributed by atoms with E-state index in [4.69, 9.17) is 0 Å². The summed E-state index contributed by atoms with van der Waals surface area (Å²) in [4.78, 5) is 13.7. The fourth-order valence-electron chi connectivity index (χ4n) is 2.71. The van der Waals surface area contributed by atoms with Crippen molar-refractivity contribution >= 4 is 23.4 Å². The second-order valence-electron chi connectivity index (χ2n) is 5.14. The summed E-state index contributed by atoms with van der Waals surface area (Å²) in [5.74, 6) is 0.164. The predicted molar refractivity (Wildman–Crippen MR) is 81.7 cm³/mol. The van der Waals surface area contributed by atoms with Gasteiger partial charge in [0, 0.05) is 17.1 Å². The van der Waals surface area contributed by atoms with E-state index in [1.807, 2.05) is 24.5 Å². The Bertz CT molecular complexity index is 442. The number of thioether (sulfide) groups is 1. The summed E-state index contributed by atoms with van der Waals surface area (Å²) in [6.45, 7) is 3.88. The molecule has 19 heavy (non-hydrogen) atoms. The molecule has 1 saturated heterocycles. The maximum atomic E-state index is 12.6. The molecule has 1 aliphatic heterocycles. The highest BCUT2D eigenvalue weighted by molar-refractivity contribution is 7.98. The quantitative estimate of drug-likeness (QED) is 0.813. The van der Waals surface area contributed by atoms with E-state index >= 15 is 0 Å². The smallest absolute Gasteiger partial charge is 0.231 e. The van der Waals surface area contributed by atoms with Crippen LogP contribution in [-0.2, 0) is 4.79 Å². The Labute approximate surface area is 119 Å². The van der Waals surface area contributed by atoms with Crippen molar-refractivity contribution in [3.8, 4) is 0 Å². The lowest BCUT2D eigenvalue weighted by Gasteiger charge is -2.26. The molecule has 2 N–H and O–H groups in total. The van der Waals surface area contributed by atoms with E-state index in [-0.39, 0.29) is 11.3 Å². The van der Waals surface area contributed by atoms with Crippen molar-refractivity contribution in [2.45, 2.75) is 31.1 Å². The molecule has 1 aliphatic rings.